The summed E-state index contributed by atoms with van der Waals surface area (Å²) >= 11 is 0. The molecule has 0 spiro atoms. The Morgan fingerprint density at radius 2 is 1.59 bits per heavy atom. The van der Waals surface area contributed by atoms with Crippen LogP contribution in [0.15, 0.2) is 91.4 Å². The molecule has 1 unspecified atom stereocenters. The van der Waals surface area contributed by atoms with Crippen LogP contribution in [0.4, 0.5) is 0 Å². The predicted octanol–water partition coefficient (Wildman–Crippen LogP) is 5.63. The van der Waals surface area contributed by atoms with Gasteiger partial charge in [-0.1, -0.05) is 60.7 Å². The van der Waals surface area contributed by atoms with Gasteiger partial charge < -0.3 is 4.90 Å². The third kappa shape index (κ3) is 4.76. The SMILES string of the molecule is c1ccc(CCN2CCCC(c3nc(-c4ccncc4)ncc3-c3ccccc3)C2)cc1. The van der Waals surface area contributed by atoms with Crippen LogP contribution in [-0.4, -0.2) is 39.5 Å². The number of likely N-dealkylation sites (tertiary alicyclic amines) is 1. The van der Waals surface area contributed by atoms with E-state index in [-0.39, 0.29) is 0 Å². The lowest BCUT2D eigenvalue weighted by molar-refractivity contribution is 0.208. The largest absolute Gasteiger partial charge is 0.302 e. The predicted molar refractivity (Wildman–Crippen MR) is 129 cm³/mol. The lowest BCUT2D eigenvalue weighted by Crippen LogP contribution is -2.36. The summed E-state index contributed by atoms with van der Waals surface area (Å²) in [4.78, 5) is 16.6. The minimum Gasteiger partial charge on any atom is -0.302 e. The maximum absolute atomic E-state index is 5.13. The van der Waals surface area contributed by atoms with Gasteiger partial charge in [-0.15, -0.1) is 0 Å². The number of piperidine rings is 1. The first-order valence-corrected chi connectivity index (χ1v) is 11.5. The molecule has 4 heteroatoms. The van der Waals surface area contributed by atoms with Crippen molar-refractivity contribution in [3.63, 3.8) is 0 Å². The summed E-state index contributed by atoms with van der Waals surface area (Å²) < 4.78 is 0. The Morgan fingerprint density at radius 1 is 0.844 bits per heavy atom. The normalized spacial score (nSPS) is 16.7. The van der Waals surface area contributed by atoms with Gasteiger partial charge in [0.1, 0.15) is 0 Å². The number of benzene rings is 2. The first-order valence-electron chi connectivity index (χ1n) is 11.5. The molecule has 4 nitrogen and oxygen atoms in total. The molecule has 1 atom stereocenters. The van der Waals surface area contributed by atoms with Crippen molar-refractivity contribution in [2.24, 2.45) is 0 Å². The Hall–Kier alpha value is -3.37. The quantitative estimate of drug-likeness (QED) is 0.405. The summed E-state index contributed by atoms with van der Waals surface area (Å²) in [5.74, 6) is 1.18. The third-order valence-corrected chi connectivity index (χ3v) is 6.29. The Balaban J connectivity index is 1.43. The zero-order valence-electron chi connectivity index (χ0n) is 18.3. The zero-order chi connectivity index (χ0) is 21.6. The lowest BCUT2D eigenvalue weighted by Gasteiger charge is -2.33. The summed E-state index contributed by atoms with van der Waals surface area (Å²) in [7, 11) is 0. The van der Waals surface area contributed by atoms with Gasteiger partial charge in [0.05, 0.1) is 5.69 Å². The molecule has 32 heavy (non-hydrogen) atoms. The van der Waals surface area contributed by atoms with Crippen LogP contribution in [0, 0.1) is 0 Å². The number of hydrogen-bond donors (Lipinski definition) is 0. The van der Waals surface area contributed by atoms with Crippen LogP contribution in [0.3, 0.4) is 0 Å². The second kappa shape index (κ2) is 9.84. The van der Waals surface area contributed by atoms with Crippen LogP contribution in [-0.2, 0) is 6.42 Å². The molecular formula is C28H28N4. The highest BCUT2D eigenvalue weighted by atomic mass is 15.1. The number of rotatable bonds is 6. The highest BCUT2D eigenvalue weighted by Gasteiger charge is 2.25. The van der Waals surface area contributed by atoms with Crippen LogP contribution in [0.2, 0.25) is 0 Å². The maximum atomic E-state index is 5.13. The Morgan fingerprint density at radius 3 is 2.38 bits per heavy atom. The van der Waals surface area contributed by atoms with Crippen LogP contribution in [0.25, 0.3) is 22.5 Å². The van der Waals surface area contributed by atoms with Crippen molar-refractivity contribution in [3.05, 3.63) is 103 Å². The van der Waals surface area contributed by atoms with E-state index < -0.39 is 0 Å². The van der Waals surface area contributed by atoms with E-state index in [4.69, 9.17) is 9.97 Å². The number of hydrogen-bond acceptors (Lipinski definition) is 4. The second-order valence-electron chi connectivity index (χ2n) is 8.47. The van der Waals surface area contributed by atoms with Gasteiger partial charge in [-0.25, -0.2) is 9.97 Å². The first kappa shape index (κ1) is 20.5. The van der Waals surface area contributed by atoms with Gasteiger partial charge >= 0.3 is 0 Å². The van der Waals surface area contributed by atoms with E-state index in [0.717, 1.165) is 49.4 Å². The van der Waals surface area contributed by atoms with Crippen LogP contribution < -0.4 is 0 Å². The fraction of sp³-hybridized carbons (Fsp3) is 0.250. The van der Waals surface area contributed by atoms with Crippen molar-refractivity contribution in [1.82, 2.24) is 19.9 Å². The Labute approximate surface area is 190 Å². The van der Waals surface area contributed by atoms with Crippen LogP contribution in [0.1, 0.15) is 30.0 Å². The fourth-order valence-corrected chi connectivity index (χ4v) is 4.60. The molecule has 160 valence electrons. The van der Waals surface area contributed by atoms with Gasteiger partial charge in [-0.2, -0.15) is 0 Å². The van der Waals surface area contributed by atoms with Crippen molar-refractivity contribution in [1.29, 1.82) is 0 Å². The summed E-state index contributed by atoms with van der Waals surface area (Å²) in [5.41, 5.74) is 5.92. The number of nitrogens with zero attached hydrogens (tertiary/aromatic N) is 4. The molecule has 5 rings (SSSR count). The molecular weight excluding hydrogens is 392 g/mol. The van der Waals surface area contributed by atoms with E-state index >= 15 is 0 Å². The molecule has 0 bridgehead atoms. The maximum Gasteiger partial charge on any atom is 0.159 e. The molecule has 1 fully saturated rings. The zero-order valence-corrected chi connectivity index (χ0v) is 18.3. The standard InChI is InChI=1S/C28H28N4/c1-3-8-22(9-4-1)15-19-32-18-7-12-25(21-32)27-26(23-10-5-2-6-11-23)20-30-28(31-27)24-13-16-29-17-14-24/h1-6,8-11,13-14,16-17,20,25H,7,12,15,18-19,21H2. The summed E-state index contributed by atoms with van der Waals surface area (Å²) in [6.45, 7) is 3.29. The van der Waals surface area contributed by atoms with Gasteiger partial charge in [0.15, 0.2) is 5.82 Å². The van der Waals surface area contributed by atoms with Crippen molar-refractivity contribution in [2.75, 3.05) is 19.6 Å². The van der Waals surface area contributed by atoms with Gasteiger partial charge in [0, 0.05) is 48.7 Å². The van der Waals surface area contributed by atoms with Gasteiger partial charge in [0.2, 0.25) is 0 Å². The molecule has 1 aliphatic rings. The van der Waals surface area contributed by atoms with Crippen LogP contribution >= 0.6 is 0 Å². The highest BCUT2D eigenvalue weighted by molar-refractivity contribution is 5.67. The molecule has 1 aliphatic heterocycles. The van der Waals surface area contributed by atoms with Gasteiger partial charge in [0.25, 0.3) is 0 Å². The van der Waals surface area contributed by atoms with Crippen molar-refractivity contribution in [2.45, 2.75) is 25.2 Å². The molecule has 2 aromatic heterocycles. The van der Waals surface area contributed by atoms with Crippen molar-refractivity contribution < 1.29 is 0 Å². The molecule has 0 amide bonds. The first-order chi connectivity index (χ1) is 15.9. The molecule has 0 aliphatic carbocycles. The van der Waals surface area contributed by atoms with E-state index in [2.05, 4.69) is 70.5 Å². The van der Waals surface area contributed by atoms with E-state index in [0.29, 0.717) is 5.92 Å². The monoisotopic (exact) mass is 420 g/mol. The topological polar surface area (TPSA) is 41.9 Å². The minimum absolute atomic E-state index is 0.401. The van der Waals surface area contributed by atoms with E-state index in [1.807, 2.05) is 18.3 Å². The van der Waals surface area contributed by atoms with E-state index in [1.165, 1.54) is 23.2 Å². The Kier molecular flexibility index (Phi) is 6.31. The molecule has 4 aromatic rings. The number of pyridine rings is 1. The van der Waals surface area contributed by atoms with Gasteiger partial charge in [-0.3, -0.25) is 4.98 Å². The smallest absolute Gasteiger partial charge is 0.159 e. The molecule has 0 saturated carbocycles. The van der Waals surface area contributed by atoms with Crippen molar-refractivity contribution in [3.8, 4) is 22.5 Å². The van der Waals surface area contributed by atoms with Crippen LogP contribution in [0.5, 0.6) is 0 Å². The molecule has 1 saturated heterocycles. The summed E-state index contributed by atoms with van der Waals surface area (Å²) in [6, 6.07) is 25.3. The molecule has 3 heterocycles. The number of aromatic nitrogens is 3. The lowest BCUT2D eigenvalue weighted by atomic mass is 9.89. The molecule has 2 aromatic carbocycles. The third-order valence-electron chi connectivity index (χ3n) is 6.29. The average molecular weight is 421 g/mol. The van der Waals surface area contributed by atoms with E-state index in [9.17, 15) is 0 Å². The molecule has 0 N–H and O–H groups in total. The van der Waals surface area contributed by atoms with E-state index in [1.54, 1.807) is 12.4 Å². The minimum atomic E-state index is 0.401. The molecule has 0 radical (unpaired) electrons. The highest BCUT2D eigenvalue weighted by Crippen LogP contribution is 2.34. The van der Waals surface area contributed by atoms with Crippen molar-refractivity contribution >= 4 is 0 Å². The summed E-state index contributed by atoms with van der Waals surface area (Å²) in [5, 5.41) is 0. The average Bonchev–Trinajstić information content (AvgIpc) is 2.89. The fourth-order valence-electron chi connectivity index (χ4n) is 4.60. The van der Waals surface area contributed by atoms with Gasteiger partial charge in [-0.05, 0) is 49.1 Å². The Bertz CT molecular complexity index is 1130. The summed E-state index contributed by atoms with van der Waals surface area (Å²) in [6.07, 6.45) is 9.06. The second-order valence-corrected chi connectivity index (χ2v) is 8.47.